The third-order valence-corrected chi connectivity index (χ3v) is 13.1. The molecular weight excluding hydrogens is 1300 g/mol. The zero-order valence-corrected chi connectivity index (χ0v) is 52.9. The van der Waals surface area contributed by atoms with Crippen LogP contribution in [0.15, 0.2) is 178 Å². The van der Waals surface area contributed by atoms with Crippen LogP contribution in [0.25, 0.3) is 73.0 Å². The van der Waals surface area contributed by atoms with E-state index in [1.54, 1.807) is 65.8 Å². The van der Waals surface area contributed by atoms with E-state index in [2.05, 4.69) is 90.1 Å². The van der Waals surface area contributed by atoms with Crippen LogP contribution < -0.4 is 5.73 Å². The number of pyridine rings is 2. The van der Waals surface area contributed by atoms with Crippen LogP contribution in [0, 0.1) is 0 Å². The van der Waals surface area contributed by atoms with E-state index < -0.39 is 41.4 Å². The number of nitrogens with two attached hydrogens (primary N) is 1. The Kier molecular flexibility index (Phi) is 24.0. The molecule has 11 aromatic heterocycles. The minimum atomic E-state index is -1.09. The van der Waals surface area contributed by atoms with Gasteiger partial charge in [-0.05, 0) is 99.5 Å². The quantitative estimate of drug-likeness (QED) is 0.0565. The van der Waals surface area contributed by atoms with Crippen LogP contribution >= 0.6 is 0 Å². The number of aromatic nitrogens is 19. The number of nitrogens with zero attached hydrogens (tertiary/aromatic N) is 18. The fourth-order valence-corrected chi connectivity index (χ4v) is 8.39. The smallest absolute Gasteiger partial charge is 0.410 e. The summed E-state index contributed by atoms with van der Waals surface area (Å²) in [6.45, 7) is 6.39. The number of carboxylic acids is 6. The van der Waals surface area contributed by atoms with Gasteiger partial charge in [0.15, 0.2) is 34.2 Å². The van der Waals surface area contributed by atoms with Crippen molar-refractivity contribution in [3.05, 3.63) is 218 Å². The molecule has 0 saturated carbocycles. The van der Waals surface area contributed by atoms with Crippen LogP contribution in [-0.2, 0) is 11.8 Å². The van der Waals surface area contributed by atoms with Gasteiger partial charge in [-0.25, -0.2) is 103 Å². The molecule has 13 rings (SSSR count). The summed E-state index contributed by atoms with van der Waals surface area (Å²) in [6.07, 6.45) is 19.4. The maximum absolute atomic E-state index is 12.0. The maximum atomic E-state index is 12.0. The van der Waals surface area contributed by atoms with E-state index >= 15 is 0 Å². The number of aryl methyl sites for hydroxylation is 1. The molecule has 0 radical (unpaired) electrons. The zero-order chi connectivity index (χ0) is 71.9. The lowest BCUT2D eigenvalue weighted by Crippen LogP contribution is -2.39. The molecule has 35 heteroatoms. The van der Waals surface area contributed by atoms with E-state index in [-0.39, 0.29) is 40.3 Å². The number of H-pyrrole nitrogens is 2. The van der Waals surface area contributed by atoms with E-state index in [4.69, 9.17) is 41.1 Å². The van der Waals surface area contributed by atoms with Crippen molar-refractivity contribution in [2.24, 2.45) is 7.05 Å². The van der Waals surface area contributed by atoms with Crippen molar-refractivity contribution in [3.63, 3.8) is 0 Å². The van der Waals surface area contributed by atoms with Gasteiger partial charge >= 0.3 is 41.9 Å². The van der Waals surface area contributed by atoms with Gasteiger partial charge in [0.05, 0.1) is 46.1 Å². The fourth-order valence-electron chi connectivity index (χ4n) is 8.39. The number of benzene rings is 1. The first-order chi connectivity index (χ1) is 47.9. The van der Waals surface area contributed by atoms with Gasteiger partial charge in [0.25, 0.3) is 0 Å². The highest BCUT2D eigenvalue weighted by molar-refractivity contribution is 5.90. The largest absolute Gasteiger partial charge is 0.477 e. The predicted molar refractivity (Wildman–Crippen MR) is 352 cm³/mol. The third kappa shape index (κ3) is 20.8. The topological polar surface area (TPSA) is 522 Å². The molecule has 10 N–H and O–H groups in total. The van der Waals surface area contributed by atoms with E-state index in [0.717, 1.165) is 33.3 Å². The van der Waals surface area contributed by atoms with Crippen LogP contribution in [0.2, 0.25) is 0 Å². The van der Waals surface area contributed by atoms with Gasteiger partial charge in [-0.15, -0.1) is 0 Å². The zero-order valence-electron chi connectivity index (χ0n) is 52.9. The van der Waals surface area contributed by atoms with Crippen molar-refractivity contribution in [3.8, 4) is 56.4 Å². The van der Waals surface area contributed by atoms with Gasteiger partial charge in [0.1, 0.15) is 55.0 Å². The number of hydrogen-bond donors (Lipinski definition) is 9. The Labute approximate surface area is 564 Å². The van der Waals surface area contributed by atoms with Gasteiger partial charge < -0.3 is 51.0 Å². The molecule has 0 bridgehead atoms. The van der Waals surface area contributed by atoms with E-state index in [1.165, 1.54) is 80.6 Å². The molecular formula is C65H57N21O14. The summed E-state index contributed by atoms with van der Waals surface area (Å²) in [5, 5.41) is 64.2. The van der Waals surface area contributed by atoms with Gasteiger partial charge in [-0.1, -0.05) is 36.4 Å². The van der Waals surface area contributed by atoms with Crippen molar-refractivity contribution in [1.29, 1.82) is 0 Å². The van der Waals surface area contributed by atoms with Crippen molar-refractivity contribution < 1.29 is 68.9 Å². The second-order valence-corrected chi connectivity index (χ2v) is 21.3. The number of aromatic carboxylic acids is 6. The Morgan fingerprint density at radius 2 is 0.950 bits per heavy atom. The molecule has 1 amide bonds. The summed E-state index contributed by atoms with van der Waals surface area (Å²) >= 11 is 0. The summed E-state index contributed by atoms with van der Waals surface area (Å²) in [6, 6.07) is 26.7. The Balaban J connectivity index is 0.000000154. The number of ether oxygens (including phenoxy) is 1. The van der Waals surface area contributed by atoms with Crippen LogP contribution in [-0.4, -0.2) is 191 Å². The summed E-state index contributed by atoms with van der Waals surface area (Å²) in [5.74, 6) is -6.04. The second-order valence-electron chi connectivity index (χ2n) is 21.3. The molecule has 100 heavy (non-hydrogen) atoms. The first-order valence-electron chi connectivity index (χ1n) is 29.1. The number of carboxylic acid groups (broad SMARTS) is 6. The second kappa shape index (κ2) is 33.6. The number of nitrogens with one attached hydrogen (secondary N) is 2. The van der Waals surface area contributed by atoms with Gasteiger partial charge in [0.2, 0.25) is 0 Å². The van der Waals surface area contributed by atoms with E-state index in [1.807, 2.05) is 69.3 Å². The number of aromatic amines is 2. The van der Waals surface area contributed by atoms with E-state index in [0.29, 0.717) is 70.7 Å². The minimum Gasteiger partial charge on any atom is -0.477 e. The first kappa shape index (κ1) is 71.4. The SMILES string of the molecule is CC(C)(C)OC(=O)N1CC=C(c2cc(C(=O)O)ncn2)CC1.Cn1cc(-c2cc(C(=O)O)ncn2)cn1.Nc1ccc(-c2cc(C(=O)O)ncn2)cn1.O=C(O)c1cc(-c2ccccc2)ncn1.O=C(O)c1cc(-c2ccn[nH]2)ncn1.O=C(O)c1cc(-c2cnc3[nH]ccc3c2)ncn1. The molecule has 12 heterocycles. The third-order valence-electron chi connectivity index (χ3n) is 13.1. The number of amides is 1. The molecule has 35 nitrogen and oxygen atoms in total. The summed E-state index contributed by atoms with van der Waals surface area (Å²) in [4.78, 5) is 135. The lowest BCUT2D eigenvalue weighted by molar-refractivity contribution is 0.0269. The molecule has 0 atom stereocenters. The number of fused-ring (bicyclic) bond motifs is 1. The normalized spacial score (nSPS) is 11.3. The molecule has 0 saturated heterocycles. The van der Waals surface area contributed by atoms with Crippen LogP contribution in [0.4, 0.5) is 10.6 Å². The standard InChI is InChI=1S/C15H19N3O4.C12H8N4O2.C11H8N2O2.C10H8N4O2.C9H8N4O2.C8H6N4O2/c1-15(2,3)22-14(21)18-6-4-10(5-7-18)11-8-12(13(19)20)17-9-16-11;17-12(18)10-4-9(15-6-16-10)8-3-7-1-2-13-11(7)14-5-8;14-11(15)10-6-9(12-7-13-10)8-4-2-1-3-5-8;11-9-2-1-6(4-12-9)7-3-8(10(15)16)14-5-13-7;1-13-4-6(3-12-13)7-2-8(9(14)15)11-5-10-7;13-8(14)7-3-6(9-4-10-7)5-1-2-11-12-5/h4,8-9H,5-7H2,1-3H3,(H,19,20);1-6H,(H,13,14)(H,17,18);1-7H,(H,14,15);1-5H,(H2,11,12)(H,15,16);2-5H,1H3,(H,14,15);1-4H,(H,11,12)(H,13,14). The average Bonchev–Trinajstić information content (AvgIpc) is 1.38. The van der Waals surface area contributed by atoms with Crippen LogP contribution in [0.3, 0.4) is 0 Å². The van der Waals surface area contributed by atoms with Gasteiger partial charge in [-0.3, -0.25) is 9.78 Å². The number of anilines is 1. The molecule has 0 fully saturated rings. The highest BCUT2D eigenvalue weighted by atomic mass is 16.6. The molecule has 1 aromatic carbocycles. The Morgan fingerprint density at radius 1 is 0.490 bits per heavy atom. The summed E-state index contributed by atoms with van der Waals surface area (Å²) in [5.41, 5.74) is 13.5. The number of rotatable bonds is 12. The molecule has 1 aliphatic heterocycles. The first-order valence-corrected chi connectivity index (χ1v) is 29.1. The Bertz CT molecular complexity index is 4890. The number of carbonyl (C=O) groups is 7. The van der Waals surface area contributed by atoms with Gasteiger partial charge in [-0.2, -0.15) is 10.2 Å². The number of nitrogen functional groups attached to an aromatic ring is 1. The van der Waals surface area contributed by atoms with Crippen molar-refractivity contribution in [1.82, 2.24) is 99.6 Å². The van der Waals surface area contributed by atoms with Crippen molar-refractivity contribution in [2.75, 3.05) is 18.8 Å². The fraction of sp³-hybridized carbons (Fsp3) is 0.123. The lowest BCUT2D eigenvalue weighted by atomic mass is 10.0. The summed E-state index contributed by atoms with van der Waals surface area (Å²) in [7, 11) is 1.78. The highest BCUT2D eigenvalue weighted by Crippen LogP contribution is 2.25. The van der Waals surface area contributed by atoms with Crippen molar-refractivity contribution >= 4 is 64.3 Å². The molecule has 1 aliphatic rings. The van der Waals surface area contributed by atoms with Crippen LogP contribution in [0.5, 0.6) is 0 Å². The molecule has 0 unspecified atom stereocenters. The Morgan fingerprint density at radius 3 is 1.39 bits per heavy atom. The monoisotopic (exact) mass is 1360 g/mol. The lowest BCUT2D eigenvalue weighted by Gasteiger charge is -2.29. The van der Waals surface area contributed by atoms with Crippen molar-refractivity contribution in [2.45, 2.75) is 32.8 Å². The maximum Gasteiger partial charge on any atom is 0.410 e. The van der Waals surface area contributed by atoms with Gasteiger partial charge in [0, 0.05) is 78.8 Å². The molecule has 0 aliphatic carbocycles. The highest BCUT2D eigenvalue weighted by Gasteiger charge is 2.25. The molecule has 506 valence electrons. The van der Waals surface area contributed by atoms with E-state index in [9.17, 15) is 33.6 Å². The predicted octanol–water partition coefficient (Wildman–Crippen LogP) is 7.72. The minimum absolute atomic E-state index is 0.00357. The van der Waals surface area contributed by atoms with Crippen LogP contribution in [0.1, 0.15) is 95.8 Å². The average molecular weight is 1360 g/mol. The number of carbonyl (C=O) groups excluding carboxylic acids is 1. The number of hydrogen-bond acceptors (Lipinski definition) is 25. The molecule has 12 aromatic rings. The Hall–Kier alpha value is -14.4. The summed E-state index contributed by atoms with van der Waals surface area (Å²) < 4.78 is 6.95. The molecule has 0 spiro atoms.